The third-order valence-electron chi connectivity index (χ3n) is 4.01. The first-order chi connectivity index (χ1) is 12.4. The van der Waals surface area contributed by atoms with Gasteiger partial charge in [0.25, 0.3) is 10.0 Å². The highest BCUT2D eigenvalue weighted by molar-refractivity contribution is 7.92. The minimum Gasteiger partial charge on any atom is -0.341 e. The smallest absolute Gasteiger partial charge is 0.261 e. The summed E-state index contributed by atoms with van der Waals surface area (Å²) in [5, 5.41) is 2.59. The molecule has 0 atom stereocenters. The molecule has 2 N–H and O–H groups in total. The standard InChI is InChI=1S/C17H21N5O3S/c1-13(23)20-14-5-7-16(8-6-14)26(24,25)21-15-11-18-17(19-12-15)22-9-3-2-4-10-22/h5-8,11-12,21H,2-4,9-10H2,1H3,(H,20,23). The predicted molar refractivity (Wildman–Crippen MR) is 99.7 cm³/mol. The minimum atomic E-state index is -3.75. The van der Waals surface area contributed by atoms with Crippen molar-refractivity contribution in [2.45, 2.75) is 31.1 Å². The van der Waals surface area contributed by atoms with Gasteiger partial charge >= 0.3 is 0 Å². The molecule has 0 unspecified atom stereocenters. The summed E-state index contributed by atoms with van der Waals surface area (Å²) in [5.74, 6) is 0.400. The van der Waals surface area contributed by atoms with Gasteiger partial charge in [0.05, 0.1) is 23.0 Å². The van der Waals surface area contributed by atoms with Gasteiger partial charge < -0.3 is 10.2 Å². The van der Waals surface area contributed by atoms with Crippen LogP contribution in [0, 0.1) is 0 Å². The van der Waals surface area contributed by atoms with E-state index in [1.54, 1.807) is 0 Å². The zero-order chi connectivity index (χ0) is 18.6. The van der Waals surface area contributed by atoms with Crippen LogP contribution in [0.5, 0.6) is 0 Å². The fourth-order valence-corrected chi connectivity index (χ4v) is 3.79. The summed E-state index contributed by atoms with van der Waals surface area (Å²) in [7, 11) is -3.75. The van der Waals surface area contributed by atoms with Crippen LogP contribution in [0.25, 0.3) is 0 Å². The molecule has 0 spiro atoms. The van der Waals surface area contributed by atoms with E-state index in [9.17, 15) is 13.2 Å². The Morgan fingerprint density at radius 2 is 1.62 bits per heavy atom. The fraction of sp³-hybridized carbons (Fsp3) is 0.353. The van der Waals surface area contributed by atoms with Gasteiger partial charge in [-0.2, -0.15) is 0 Å². The number of nitrogens with one attached hydrogen (secondary N) is 2. The maximum absolute atomic E-state index is 12.5. The molecule has 0 aliphatic carbocycles. The highest BCUT2D eigenvalue weighted by Crippen LogP contribution is 2.19. The van der Waals surface area contributed by atoms with E-state index in [2.05, 4.69) is 24.9 Å². The van der Waals surface area contributed by atoms with Crippen molar-refractivity contribution in [3.05, 3.63) is 36.7 Å². The van der Waals surface area contributed by atoms with Crippen molar-refractivity contribution in [1.82, 2.24) is 9.97 Å². The van der Waals surface area contributed by atoms with E-state index in [-0.39, 0.29) is 10.8 Å². The van der Waals surface area contributed by atoms with Crippen LogP contribution in [-0.4, -0.2) is 37.4 Å². The Morgan fingerprint density at radius 3 is 2.19 bits per heavy atom. The Hall–Kier alpha value is -2.68. The molecule has 8 nitrogen and oxygen atoms in total. The second kappa shape index (κ2) is 7.69. The fourth-order valence-electron chi connectivity index (χ4n) is 2.77. The van der Waals surface area contributed by atoms with Gasteiger partial charge in [0.15, 0.2) is 0 Å². The molecule has 1 saturated heterocycles. The number of nitrogens with zero attached hydrogens (tertiary/aromatic N) is 3. The lowest BCUT2D eigenvalue weighted by molar-refractivity contribution is -0.114. The molecule has 1 aliphatic heterocycles. The number of carbonyl (C=O) groups is 1. The predicted octanol–water partition coefficient (Wildman–Crippen LogP) is 2.23. The van der Waals surface area contributed by atoms with Gasteiger partial charge in [0.1, 0.15) is 0 Å². The third kappa shape index (κ3) is 4.48. The second-order valence-electron chi connectivity index (χ2n) is 6.13. The summed E-state index contributed by atoms with van der Waals surface area (Å²) >= 11 is 0. The van der Waals surface area contributed by atoms with Crippen molar-refractivity contribution < 1.29 is 13.2 Å². The summed E-state index contributed by atoms with van der Waals surface area (Å²) in [4.78, 5) is 21.7. The maximum atomic E-state index is 12.5. The topological polar surface area (TPSA) is 104 Å². The molecule has 0 radical (unpaired) electrons. The Balaban J connectivity index is 1.69. The molecule has 26 heavy (non-hydrogen) atoms. The normalized spacial score (nSPS) is 14.7. The van der Waals surface area contributed by atoms with E-state index in [1.165, 1.54) is 50.0 Å². The first-order valence-electron chi connectivity index (χ1n) is 8.41. The number of aromatic nitrogens is 2. The van der Waals surface area contributed by atoms with Gasteiger partial charge in [0, 0.05) is 25.7 Å². The third-order valence-corrected chi connectivity index (χ3v) is 5.41. The Kier molecular flexibility index (Phi) is 5.36. The van der Waals surface area contributed by atoms with Crippen LogP contribution in [0.1, 0.15) is 26.2 Å². The lowest BCUT2D eigenvalue weighted by Crippen LogP contribution is -2.30. The average Bonchev–Trinajstić information content (AvgIpc) is 2.63. The van der Waals surface area contributed by atoms with Crippen molar-refractivity contribution in [1.29, 1.82) is 0 Å². The zero-order valence-electron chi connectivity index (χ0n) is 14.5. The average molecular weight is 375 g/mol. The van der Waals surface area contributed by atoms with Gasteiger partial charge in [-0.25, -0.2) is 18.4 Å². The van der Waals surface area contributed by atoms with E-state index in [0.717, 1.165) is 25.9 Å². The summed E-state index contributed by atoms with van der Waals surface area (Å²) < 4.78 is 27.4. The van der Waals surface area contributed by atoms with Crippen molar-refractivity contribution in [3.63, 3.8) is 0 Å². The van der Waals surface area contributed by atoms with E-state index in [0.29, 0.717) is 17.3 Å². The SMILES string of the molecule is CC(=O)Nc1ccc(S(=O)(=O)Nc2cnc(N3CCCCC3)nc2)cc1. The van der Waals surface area contributed by atoms with Crippen LogP contribution in [0.4, 0.5) is 17.3 Å². The largest absolute Gasteiger partial charge is 0.341 e. The van der Waals surface area contributed by atoms with Crippen LogP contribution in [0.15, 0.2) is 41.6 Å². The number of anilines is 3. The van der Waals surface area contributed by atoms with Crippen LogP contribution >= 0.6 is 0 Å². The number of sulfonamides is 1. The molecule has 1 amide bonds. The first-order valence-corrected chi connectivity index (χ1v) is 9.90. The number of rotatable bonds is 5. The zero-order valence-corrected chi connectivity index (χ0v) is 15.3. The van der Waals surface area contributed by atoms with Crippen LogP contribution in [0.3, 0.4) is 0 Å². The molecule has 2 heterocycles. The molecule has 1 fully saturated rings. The second-order valence-corrected chi connectivity index (χ2v) is 7.81. The maximum Gasteiger partial charge on any atom is 0.261 e. The van der Waals surface area contributed by atoms with E-state index in [4.69, 9.17) is 0 Å². The molecular formula is C17H21N5O3S. The summed E-state index contributed by atoms with van der Waals surface area (Å²) in [6.45, 7) is 3.23. The Labute approximate surface area is 152 Å². The summed E-state index contributed by atoms with van der Waals surface area (Å²) in [6.07, 6.45) is 6.40. The van der Waals surface area contributed by atoms with Crippen molar-refractivity contribution in [2.75, 3.05) is 28.0 Å². The molecule has 0 bridgehead atoms. The first kappa shape index (κ1) is 18.1. The molecule has 1 aromatic heterocycles. The molecule has 3 rings (SSSR count). The van der Waals surface area contributed by atoms with Crippen molar-refractivity contribution >= 4 is 33.3 Å². The Morgan fingerprint density at radius 1 is 1.00 bits per heavy atom. The van der Waals surface area contributed by atoms with E-state index < -0.39 is 10.0 Å². The number of carbonyl (C=O) groups excluding carboxylic acids is 1. The van der Waals surface area contributed by atoms with Gasteiger partial charge in [-0.15, -0.1) is 0 Å². The quantitative estimate of drug-likeness (QED) is 0.830. The van der Waals surface area contributed by atoms with Gasteiger partial charge in [-0.3, -0.25) is 9.52 Å². The molecule has 2 aromatic rings. The van der Waals surface area contributed by atoms with Gasteiger partial charge in [-0.1, -0.05) is 0 Å². The number of hydrogen-bond acceptors (Lipinski definition) is 6. The van der Waals surface area contributed by atoms with Gasteiger partial charge in [-0.05, 0) is 43.5 Å². The molecular weight excluding hydrogens is 354 g/mol. The summed E-state index contributed by atoms with van der Waals surface area (Å²) in [6, 6.07) is 5.92. The lowest BCUT2D eigenvalue weighted by Gasteiger charge is -2.26. The molecule has 9 heteroatoms. The Bertz CT molecular complexity index is 860. The van der Waals surface area contributed by atoms with Crippen LogP contribution in [-0.2, 0) is 14.8 Å². The minimum absolute atomic E-state index is 0.0895. The molecule has 138 valence electrons. The summed E-state index contributed by atoms with van der Waals surface area (Å²) in [5.41, 5.74) is 0.836. The highest BCUT2D eigenvalue weighted by Gasteiger charge is 2.16. The monoisotopic (exact) mass is 375 g/mol. The molecule has 1 aliphatic rings. The lowest BCUT2D eigenvalue weighted by atomic mass is 10.1. The van der Waals surface area contributed by atoms with Crippen molar-refractivity contribution in [2.24, 2.45) is 0 Å². The highest BCUT2D eigenvalue weighted by atomic mass is 32.2. The molecule has 1 aromatic carbocycles. The van der Waals surface area contributed by atoms with Crippen molar-refractivity contribution in [3.8, 4) is 0 Å². The van der Waals surface area contributed by atoms with E-state index >= 15 is 0 Å². The number of piperidine rings is 1. The number of benzene rings is 1. The molecule has 0 saturated carbocycles. The van der Waals surface area contributed by atoms with Crippen LogP contribution < -0.4 is 14.9 Å². The van der Waals surface area contributed by atoms with E-state index in [1.807, 2.05) is 0 Å². The van der Waals surface area contributed by atoms with Gasteiger partial charge in [0.2, 0.25) is 11.9 Å². The number of amides is 1. The number of hydrogen-bond donors (Lipinski definition) is 2. The van der Waals surface area contributed by atoms with Crippen LogP contribution in [0.2, 0.25) is 0 Å².